The maximum absolute atomic E-state index is 11.2. The van der Waals surface area contributed by atoms with Crippen LogP contribution in [0.2, 0.25) is 0 Å². The van der Waals surface area contributed by atoms with Gasteiger partial charge < -0.3 is 0 Å². The van der Waals surface area contributed by atoms with Crippen molar-refractivity contribution < 1.29 is 16.8 Å². The normalized spacial score (nSPS) is 34.0. The second-order valence-electron chi connectivity index (χ2n) is 4.29. The van der Waals surface area contributed by atoms with Gasteiger partial charge in [0, 0.05) is 0 Å². The maximum atomic E-state index is 11.2. The van der Waals surface area contributed by atoms with E-state index in [1.54, 1.807) is 13.8 Å². The van der Waals surface area contributed by atoms with E-state index in [2.05, 4.69) is 0 Å². The fraction of sp³-hybridized carbons (Fsp3) is 1.00. The molecule has 0 unspecified atom stereocenters. The van der Waals surface area contributed by atoms with Gasteiger partial charge in [0.2, 0.25) is 0 Å². The molecule has 1 saturated carbocycles. The molecule has 0 bridgehead atoms. The average molecular weight is 206 g/mol. The molecule has 1 heterocycles. The SMILES string of the molecule is CC1(C)OS(=O)(=O)OC12CCCC2. The standard InChI is InChI=1S/C8H14O4S/c1-7(2)8(5-3-4-6-8)12-13(9,10)11-7/h3-6H2,1-2H3. The molecule has 2 fully saturated rings. The lowest BCUT2D eigenvalue weighted by molar-refractivity contribution is -0.0182. The van der Waals surface area contributed by atoms with E-state index >= 15 is 0 Å². The molecule has 0 N–H and O–H groups in total. The monoisotopic (exact) mass is 206 g/mol. The van der Waals surface area contributed by atoms with Gasteiger partial charge in [0.1, 0.15) is 11.2 Å². The van der Waals surface area contributed by atoms with Crippen molar-refractivity contribution in [3.63, 3.8) is 0 Å². The van der Waals surface area contributed by atoms with Gasteiger partial charge in [-0.3, -0.25) is 0 Å². The van der Waals surface area contributed by atoms with Crippen molar-refractivity contribution in [2.24, 2.45) is 0 Å². The van der Waals surface area contributed by atoms with Gasteiger partial charge >= 0.3 is 10.4 Å². The van der Waals surface area contributed by atoms with Crippen LogP contribution >= 0.6 is 0 Å². The van der Waals surface area contributed by atoms with E-state index in [1.165, 1.54) is 0 Å². The number of rotatable bonds is 0. The molecule has 76 valence electrons. The molecule has 0 aromatic rings. The predicted octanol–water partition coefficient (Wildman–Crippen LogP) is 1.37. The third-order valence-corrected chi connectivity index (χ3v) is 4.22. The smallest absolute Gasteiger partial charge is 0.239 e. The summed E-state index contributed by atoms with van der Waals surface area (Å²) < 4.78 is 32.3. The van der Waals surface area contributed by atoms with Crippen LogP contribution in [0, 0.1) is 0 Å². The van der Waals surface area contributed by atoms with Crippen LogP contribution in [0.5, 0.6) is 0 Å². The van der Waals surface area contributed by atoms with E-state index in [0.717, 1.165) is 25.7 Å². The Balaban J connectivity index is 2.39. The lowest BCUT2D eigenvalue weighted by Crippen LogP contribution is -2.44. The quantitative estimate of drug-likeness (QED) is 0.600. The van der Waals surface area contributed by atoms with Crippen molar-refractivity contribution in [3.05, 3.63) is 0 Å². The fourth-order valence-corrected chi connectivity index (χ4v) is 3.73. The Kier molecular flexibility index (Phi) is 1.78. The van der Waals surface area contributed by atoms with Gasteiger partial charge in [-0.05, 0) is 26.7 Å². The molecule has 1 saturated heterocycles. The Labute approximate surface area is 78.6 Å². The van der Waals surface area contributed by atoms with Crippen molar-refractivity contribution >= 4 is 10.4 Å². The van der Waals surface area contributed by atoms with Crippen LogP contribution < -0.4 is 0 Å². The Bertz CT molecular complexity index is 311. The molecule has 1 spiro atoms. The highest BCUT2D eigenvalue weighted by Crippen LogP contribution is 2.49. The molecule has 1 aliphatic carbocycles. The summed E-state index contributed by atoms with van der Waals surface area (Å²) in [5, 5.41) is 0. The van der Waals surface area contributed by atoms with E-state index in [-0.39, 0.29) is 0 Å². The highest BCUT2D eigenvalue weighted by Gasteiger charge is 2.59. The molecule has 4 nitrogen and oxygen atoms in total. The Hall–Kier alpha value is -0.130. The minimum atomic E-state index is -3.75. The van der Waals surface area contributed by atoms with E-state index in [9.17, 15) is 8.42 Å². The van der Waals surface area contributed by atoms with Crippen molar-refractivity contribution in [1.82, 2.24) is 0 Å². The molecular formula is C8H14O4S. The van der Waals surface area contributed by atoms with Crippen molar-refractivity contribution in [1.29, 1.82) is 0 Å². The van der Waals surface area contributed by atoms with E-state index < -0.39 is 21.6 Å². The fourth-order valence-electron chi connectivity index (χ4n) is 2.28. The maximum Gasteiger partial charge on any atom is 0.401 e. The van der Waals surface area contributed by atoms with Gasteiger partial charge in [-0.1, -0.05) is 12.8 Å². The molecule has 13 heavy (non-hydrogen) atoms. The molecule has 0 amide bonds. The predicted molar refractivity (Wildman–Crippen MR) is 46.4 cm³/mol. The zero-order chi connectivity index (χ0) is 9.74. The second-order valence-corrected chi connectivity index (χ2v) is 5.44. The Morgan fingerprint density at radius 2 is 1.62 bits per heavy atom. The van der Waals surface area contributed by atoms with Crippen LogP contribution in [0.25, 0.3) is 0 Å². The molecule has 2 aliphatic rings. The van der Waals surface area contributed by atoms with Crippen molar-refractivity contribution in [3.8, 4) is 0 Å². The molecule has 0 radical (unpaired) electrons. The van der Waals surface area contributed by atoms with Crippen LogP contribution in [0.4, 0.5) is 0 Å². The van der Waals surface area contributed by atoms with Crippen LogP contribution in [0.15, 0.2) is 0 Å². The summed E-state index contributed by atoms with van der Waals surface area (Å²) in [6.45, 7) is 3.56. The summed E-state index contributed by atoms with van der Waals surface area (Å²) in [4.78, 5) is 0. The molecule has 2 rings (SSSR count). The van der Waals surface area contributed by atoms with Crippen LogP contribution in [0.3, 0.4) is 0 Å². The average Bonchev–Trinajstić information content (AvgIpc) is 2.38. The third kappa shape index (κ3) is 1.30. The first-order valence-electron chi connectivity index (χ1n) is 4.53. The molecule has 0 aromatic carbocycles. The van der Waals surface area contributed by atoms with Gasteiger partial charge in [0.25, 0.3) is 0 Å². The first-order chi connectivity index (χ1) is 5.87. The largest absolute Gasteiger partial charge is 0.401 e. The summed E-state index contributed by atoms with van der Waals surface area (Å²) in [6, 6.07) is 0. The minimum Gasteiger partial charge on any atom is -0.239 e. The third-order valence-electron chi connectivity index (χ3n) is 3.08. The highest BCUT2D eigenvalue weighted by molar-refractivity contribution is 7.82. The number of hydrogen-bond donors (Lipinski definition) is 0. The van der Waals surface area contributed by atoms with Crippen LogP contribution in [0.1, 0.15) is 39.5 Å². The molecule has 0 aromatic heterocycles. The van der Waals surface area contributed by atoms with Gasteiger partial charge in [-0.2, -0.15) is 8.42 Å². The van der Waals surface area contributed by atoms with Gasteiger partial charge in [-0.25, -0.2) is 8.37 Å². The lowest BCUT2D eigenvalue weighted by atomic mass is 9.85. The molecule has 5 heteroatoms. The Morgan fingerprint density at radius 1 is 1.08 bits per heavy atom. The zero-order valence-electron chi connectivity index (χ0n) is 7.87. The topological polar surface area (TPSA) is 52.6 Å². The summed E-state index contributed by atoms with van der Waals surface area (Å²) >= 11 is 0. The van der Waals surface area contributed by atoms with Crippen LogP contribution in [-0.4, -0.2) is 19.6 Å². The first-order valence-corrected chi connectivity index (χ1v) is 5.87. The van der Waals surface area contributed by atoms with Crippen molar-refractivity contribution in [2.75, 3.05) is 0 Å². The summed E-state index contributed by atoms with van der Waals surface area (Å²) in [6.07, 6.45) is 3.59. The second kappa shape index (κ2) is 2.46. The van der Waals surface area contributed by atoms with Gasteiger partial charge in [-0.15, -0.1) is 0 Å². The summed E-state index contributed by atoms with van der Waals surface area (Å²) in [5.74, 6) is 0. The molecule has 1 aliphatic heterocycles. The highest BCUT2D eigenvalue weighted by atomic mass is 32.3. The zero-order valence-corrected chi connectivity index (χ0v) is 8.69. The molecule has 0 atom stereocenters. The first kappa shape index (κ1) is 9.43. The molecular weight excluding hydrogens is 192 g/mol. The summed E-state index contributed by atoms with van der Waals surface area (Å²) in [7, 11) is -3.75. The summed E-state index contributed by atoms with van der Waals surface area (Å²) in [5.41, 5.74) is -1.30. The van der Waals surface area contributed by atoms with E-state index in [4.69, 9.17) is 8.37 Å². The van der Waals surface area contributed by atoms with Crippen LogP contribution in [-0.2, 0) is 18.8 Å². The lowest BCUT2D eigenvalue weighted by Gasteiger charge is -2.31. The van der Waals surface area contributed by atoms with E-state index in [1.807, 2.05) is 0 Å². The van der Waals surface area contributed by atoms with Gasteiger partial charge in [0.15, 0.2) is 0 Å². The minimum absolute atomic E-state index is 0.591. The van der Waals surface area contributed by atoms with Crippen molar-refractivity contribution in [2.45, 2.75) is 50.7 Å². The van der Waals surface area contributed by atoms with E-state index in [0.29, 0.717) is 0 Å². The van der Waals surface area contributed by atoms with Gasteiger partial charge in [0.05, 0.1) is 0 Å². The Morgan fingerprint density at radius 3 is 2.00 bits per heavy atom. The number of hydrogen-bond acceptors (Lipinski definition) is 4.